The van der Waals surface area contributed by atoms with Gasteiger partial charge in [-0.15, -0.1) is 0 Å². The molecule has 0 saturated heterocycles. The molecule has 0 aliphatic heterocycles. The molecule has 0 spiro atoms. The van der Waals surface area contributed by atoms with Crippen LogP contribution in [0.5, 0.6) is 5.88 Å². The maximum absolute atomic E-state index is 10.5. The third-order valence-electron chi connectivity index (χ3n) is 1.79. The van der Waals surface area contributed by atoms with Crippen LogP contribution in [0, 0.1) is 6.92 Å². The van der Waals surface area contributed by atoms with E-state index in [1.165, 1.54) is 0 Å². The monoisotopic (exact) mass is 191 g/mol. The first kappa shape index (κ1) is 8.55. The standard InChI is InChI=1S/C9H9N3O2/c1-5-4-7-6(11-5)2-3-8(12-7)14-9(10)13/h2-4,11H,1H3,(H2,10,13). The van der Waals surface area contributed by atoms with Crippen LogP contribution in [0.3, 0.4) is 0 Å². The van der Waals surface area contributed by atoms with Crippen molar-refractivity contribution in [2.24, 2.45) is 5.73 Å². The van der Waals surface area contributed by atoms with E-state index in [0.29, 0.717) is 0 Å². The van der Waals surface area contributed by atoms with Gasteiger partial charge in [0.15, 0.2) is 0 Å². The third kappa shape index (κ3) is 1.52. The van der Waals surface area contributed by atoms with Gasteiger partial charge in [0.05, 0.1) is 11.0 Å². The summed E-state index contributed by atoms with van der Waals surface area (Å²) in [5.74, 6) is 0.212. The molecule has 0 saturated carbocycles. The van der Waals surface area contributed by atoms with Crippen LogP contribution in [-0.4, -0.2) is 16.1 Å². The van der Waals surface area contributed by atoms with E-state index in [9.17, 15) is 4.79 Å². The molecule has 2 heterocycles. The number of H-pyrrole nitrogens is 1. The lowest BCUT2D eigenvalue weighted by Crippen LogP contribution is -2.16. The first-order chi connectivity index (χ1) is 6.65. The molecule has 0 atom stereocenters. The number of ether oxygens (including phenoxy) is 1. The van der Waals surface area contributed by atoms with Crippen molar-refractivity contribution in [2.75, 3.05) is 0 Å². The van der Waals surface area contributed by atoms with Crippen LogP contribution < -0.4 is 10.5 Å². The average molecular weight is 191 g/mol. The summed E-state index contributed by atoms with van der Waals surface area (Å²) in [6.07, 6.45) is -0.857. The van der Waals surface area contributed by atoms with Gasteiger partial charge in [-0.1, -0.05) is 0 Å². The molecular formula is C9H9N3O2. The number of hydrogen-bond acceptors (Lipinski definition) is 3. The zero-order valence-electron chi connectivity index (χ0n) is 7.57. The number of aromatic nitrogens is 2. The largest absolute Gasteiger partial charge is 0.411 e. The van der Waals surface area contributed by atoms with Gasteiger partial charge in [-0.25, -0.2) is 9.78 Å². The van der Waals surface area contributed by atoms with Gasteiger partial charge in [-0.2, -0.15) is 0 Å². The molecule has 3 N–H and O–H groups in total. The Kier molecular flexibility index (Phi) is 1.85. The fraction of sp³-hybridized carbons (Fsp3) is 0.111. The molecule has 1 amide bonds. The Hall–Kier alpha value is -2.04. The van der Waals surface area contributed by atoms with Crippen molar-refractivity contribution in [2.45, 2.75) is 6.92 Å². The number of amides is 1. The van der Waals surface area contributed by atoms with E-state index >= 15 is 0 Å². The van der Waals surface area contributed by atoms with Crippen LogP contribution in [-0.2, 0) is 0 Å². The molecule has 0 bridgehead atoms. The van der Waals surface area contributed by atoms with Gasteiger partial charge in [-0.05, 0) is 19.1 Å². The molecule has 0 fully saturated rings. The minimum atomic E-state index is -0.857. The van der Waals surface area contributed by atoms with E-state index in [1.54, 1.807) is 12.1 Å². The van der Waals surface area contributed by atoms with E-state index in [0.717, 1.165) is 16.7 Å². The zero-order chi connectivity index (χ0) is 10.1. The van der Waals surface area contributed by atoms with E-state index in [4.69, 9.17) is 5.73 Å². The first-order valence-electron chi connectivity index (χ1n) is 4.09. The third-order valence-corrected chi connectivity index (χ3v) is 1.79. The molecule has 0 aliphatic carbocycles. The molecule has 0 radical (unpaired) electrons. The van der Waals surface area contributed by atoms with Gasteiger partial charge in [-0.3, -0.25) is 0 Å². The van der Waals surface area contributed by atoms with Crippen LogP contribution in [0.4, 0.5) is 4.79 Å². The van der Waals surface area contributed by atoms with E-state index in [2.05, 4.69) is 14.7 Å². The number of nitrogens with two attached hydrogens (primary N) is 1. The SMILES string of the molecule is Cc1cc2nc(OC(N)=O)ccc2[nH]1. The van der Waals surface area contributed by atoms with Crippen molar-refractivity contribution in [1.82, 2.24) is 9.97 Å². The van der Waals surface area contributed by atoms with Gasteiger partial charge in [0, 0.05) is 11.8 Å². The number of primary amides is 1. The van der Waals surface area contributed by atoms with Crippen molar-refractivity contribution in [1.29, 1.82) is 0 Å². The van der Waals surface area contributed by atoms with E-state index < -0.39 is 6.09 Å². The van der Waals surface area contributed by atoms with Gasteiger partial charge < -0.3 is 15.5 Å². The lowest BCUT2D eigenvalue weighted by Gasteiger charge is -1.98. The fourth-order valence-corrected chi connectivity index (χ4v) is 1.29. The minimum absolute atomic E-state index is 0.212. The van der Waals surface area contributed by atoms with Gasteiger partial charge in [0.25, 0.3) is 0 Å². The van der Waals surface area contributed by atoms with Crippen molar-refractivity contribution in [3.8, 4) is 5.88 Å². The number of nitrogens with one attached hydrogen (secondary N) is 1. The Morgan fingerprint density at radius 2 is 2.36 bits per heavy atom. The Bertz CT molecular complexity index is 490. The van der Waals surface area contributed by atoms with Crippen molar-refractivity contribution >= 4 is 17.1 Å². The molecule has 72 valence electrons. The minimum Gasteiger partial charge on any atom is -0.391 e. The summed E-state index contributed by atoms with van der Waals surface area (Å²) >= 11 is 0. The Morgan fingerprint density at radius 3 is 3.07 bits per heavy atom. The number of aryl methyl sites for hydroxylation is 1. The summed E-state index contributed by atoms with van der Waals surface area (Å²) in [7, 11) is 0. The van der Waals surface area contributed by atoms with Crippen molar-refractivity contribution in [3.63, 3.8) is 0 Å². The molecule has 0 unspecified atom stereocenters. The zero-order valence-corrected chi connectivity index (χ0v) is 7.57. The molecule has 5 heteroatoms. The highest BCUT2D eigenvalue weighted by Crippen LogP contribution is 2.16. The summed E-state index contributed by atoms with van der Waals surface area (Å²) in [5.41, 5.74) is 7.52. The summed E-state index contributed by atoms with van der Waals surface area (Å²) in [4.78, 5) is 17.6. The Morgan fingerprint density at radius 1 is 1.57 bits per heavy atom. The van der Waals surface area contributed by atoms with Crippen molar-refractivity contribution in [3.05, 3.63) is 23.9 Å². The number of carbonyl (C=O) groups is 1. The number of fused-ring (bicyclic) bond motifs is 1. The number of nitrogens with zero attached hydrogens (tertiary/aromatic N) is 1. The van der Waals surface area contributed by atoms with Gasteiger partial charge in [0.2, 0.25) is 5.88 Å². The Labute approximate surface area is 79.9 Å². The fourth-order valence-electron chi connectivity index (χ4n) is 1.29. The maximum Gasteiger partial charge on any atom is 0.411 e. The normalized spacial score (nSPS) is 10.4. The molecule has 14 heavy (non-hydrogen) atoms. The lowest BCUT2D eigenvalue weighted by molar-refractivity contribution is 0.209. The van der Waals surface area contributed by atoms with Crippen LogP contribution >= 0.6 is 0 Å². The van der Waals surface area contributed by atoms with Crippen LogP contribution in [0.1, 0.15) is 5.69 Å². The molecule has 2 aromatic rings. The summed E-state index contributed by atoms with van der Waals surface area (Å²) in [5, 5.41) is 0. The van der Waals surface area contributed by atoms with Crippen LogP contribution in [0.25, 0.3) is 11.0 Å². The lowest BCUT2D eigenvalue weighted by atomic mass is 10.4. The highest BCUT2D eigenvalue weighted by molar-refractivity contribution is 5.77. The van der Waals surface area contributed by atoms with Crippen LogP contribution in [0.15, 0.2) is 18.2 Å². The second kappa shape index (κ2) is 3.02. The van der Waals surface area contributed by atoms with Crippen molar-refractivity contribution < 1.29 is 9.53 Å². The average Bonchev–Trinajstić information content (AvgIpc) is 2.42. The van der Waals surface area contributed by atoms with E-state index in [1.807, 2.05) is 13.0 Å². The second-order valence-electron chi connectivity index (χ2n) is 2.96. The summed E-state index contributed by atoms with van der Waals surface area (Å²) in [6, 6.07) is 5.24. The number of aromatic amines is 1. The summed E-state index contributed by atoms with van der Waals surface area (Å²) in [6.45, 7) is 1.93. The topological polar surface area (TPSA) is 81.0 Å². The second-order valence-corrected chi connectivity index (χ2v) is 2.96. The molecule has 2 aromatic heterocycles. The molecular weight excluding hydrogens is 182 g/mol. The molecule has 0 aromatic carbocycles. The summed E-state index contributed by atoms with van der Waals surface area (Å²) < 4.78 is 4.65. The smallest absolute Gasteiger partial charge is 0.391 e. The van der Waals surface area contributed by atoms with Crippen LogP contribution in [0.2, 0.25) is 0 Å². The Balaban J connectivity index is 2.45. The predicted molar refractivity (Wildman–Crippen MR) is 51.0 cm³/mol. The highest BCUT2D eigenvalue weighted by Gasteiger charge is 2.03. The highest BCUT2D eigenvalue weighted by atomic mass is 16.6. The predicted octanol–water partition coefficient (Wildman–Crippen LogP) is 1.33. The first-order valence-corrected chi connectivity index (χ1v) is 4.09. The number of hydrogen-bond donors (Lipinski definition) is 2. The molecule has 2 rings (SSSR count). The quantitative estimate of drug-likeness (QED) is 0.713. The number of pyridine rings is 1. The van der Waals surface area contributed by atoms with Gasteiger partial charge in [0.1, 0.15) is 0 Å². The maximum atomic E-state index is 10.5. The molecule has 0 aliphatic rings. The van der Waals surface area contributed by atoms with E-state index in [-0.39, 0.29) is 5.88 Å². The van der Waals surface area contributed by atoms with Gasteiger partial charge >= 0.3 is 6.09 Å². The number of rotatable bonds is 1. The number of carbonyl (C=O) groups excluding carboxylic acids is 1. The molecule has 5 nitrogen and oxygen atoms in total.